The lowest BCUT2D eigenvalue weighted by Gasteiger charge is -2.28. The highest BCUT2D eigenvalue weighted by atomic mass is 16.6. The van der Waals surface area contributed by atoms with Gasteiger partial charge in [-0.05, 0) is 70.1 Å². The lowest BCUT2D eigenvalue weighted by atomic mass is 9.96. The molecule has 0 saturated carbocycles. The van der Waals surface area contributed by atoms with Gasteiger partial charge in [0.25, 0.3) is 0 Å². The molecule has 0 aliphatic carbocycles. The first-order valence-corrected chi connectivity index (χ1v) is 42.8. The lowest BCUT2D eigenvalue weighted by molar-refractivity contribution is -0.134. The first-order chi connectivity index (χ1) is 56.9. The van der Waals surface area contributed by atoms with Gasteiger partial charge in [-0.15, -0.1) is 0 Å². The second-order valence-electron chi connectivity index (χ2n) is 32.2. The zero-order valence-electron chi connectivity index (χ0n) is 76.7. The molecule has 0 heterocycles. The van der Waals surface area contributed by atoms with Crippen LogP contribution < -0.4 is 103 Å². The van der Waals surface area contributed by atoms with E-state index in [4.69, 9.17) is 60.8 Å². The van der Waals surface area contributed by atoms with E-state index in [2.05, 4.69) is 79.8 Å². The van der Waals surface area contributed by atoms with Crippen molar-refractivity contribution in [2.24, 2.45) is 52.5 Å². The van der Waals surface area contributed by atoms with Crippen LogP contribution >= 0.6 is 0 Å². The number of amides is 14. The van der Waals surface area contributed by atoms with Gasteiger partial charge in [0.2, 0.25) is 47.3 Å². The molecule has 0 rings (SSSR count). The summed E-state index contributed by atoms with van der Waals surface area (Å²) in [7, 11) is 1.63. The molecule has 706 valence electrons. The number of hydrogen-bond acceptors (Lipinski definition) is 26. The van der Waals surface area contributed by atoms with Crippen LogP contribution in [0, 0.1) is 29.6 Å². The van der Waals surface area contributed by atoms with Crippen LogP contribution in [-0.2, 0) is 85.8 Å². The van der Waals surface area contributed by atoms with Gasteiger partial charge < -0.3 is 141 Å². The van der Waals surface area contributed by atoms with Crippen LogP contribution in [0.15, 0.2) is 0 Å². The van der Waals surface area contributed by atoms with E-state index in [-0.39, 0.29) is 134 Å². The molecule has 121 heavy (non-hydrogen) atoms. The number of carbonyl (C=O) groups is 13. The van der Waals surface area contributed by atoms with Crippen molar-refractivity contribution in [1.29, 1.82) is 0 Å². The first kappa shape index (κ1) is 118. The van der Waals surface area contributed by atoms with E-state index in [9.17, 15) is 62.3 Å². The van der Waals surface area contributed by atoms with E-state index >= 15 is 0 Å². The van der Waals surface area contributed by atoms with E-state index < -0.39 is 96.1 Å². The molecule has 0 aliphatic rings. The Hall–Kier alpha value is -7.61. The van der Waals surface area contributed by atoms with Crippen LogP contribution in [0.25, 0.3) is 0 Å². The highest BCUT2D eigenvalue weighted by Gasteiger charge is 2.35. The fourth-order valence-corrected chi connectivity index (χ4v) is 11.0. The molecule has 40 heteroatoms. The molecule has 0 aromatic carbocycles. The molecule has 0 unspecified atom stereocenters. The SMILES string of the molecule is CC(C)NC[C@H](NC(C)C)C(=O)N[C@H](C(=O)N[C@@H](CCCNC(N)=O)C(=O)C(C)C)C(C)C.CC(C)N[C@@H](CN)C(=O)N[C@H](C(=O)N[C@@H](CCCNC(N)=O)C(=O)C(C)C)C(C)C.COCCOCCOCCOCCOCCOCCOCCOCCC(=O)NC[C@H](NC(C)C)C(=O)N[C@H](C(=O)N[C@@H](CCCNC(N)=O)C(=O)NC(C)C)C(C)C. The Morgan fingerprint density at radius 1 is 0.289 bits per heavy atom. The molecule has 0 aliphatic heterocycles. The quantitative estimate of drug-likeness (QED) is 0.0341. The Morgan fingerprint density at radius 3 is 0.851 bits per heavy atom. The third-order valence-corrected chi connectivity index (χ3v) is 17.3. The van der Waals surface area contributed by atoms with E-state index in [1.165, 1.54) is 0 Å². The molecule has 9 atom stereocenters. The highest BCUT2D eigenvalue weighted by Crippen LogP contribution is 2.13. The van der Waals surface area contributed by atoms with Crippen LogP contribution in [0.5, 0.6) is 0 Å². The van der Waals surface area contributed by atoms with Gasteiger partial charge in [-0.25, -0.2) is 14.4 Å². The number of ether oxygens (including phenoxy) is 8. The largest absolute Gasteiger partial charge is 0.382 e. The molecule has 0 saturated heterocycles. The topological polar surface area (TPSA) is 580 Å². The minimum Gasteiger partial charge on any atom is -0.382 e. The number of hydrogen-bond donors (Lipinski definition) is 19. The van der Waals surface area contributed by atoms with Crippen LogP contribution in [0.2, 0.25) is 0 Å². The predicted octanol–water partition coefficient (Wildman–Crippen LogP) is -0.518. The van der Waals surface area contributed by atoms with Gasteiger partial charge in [0.15, 0.2) is 11.6 Å². The average Bonchev–Trinajstić information content (AvgIpc) is 0.868. The number of nitrogens with one attached hydrogen (secondary N) is 15. The van der Waals surface area contributed by atoms with E-state index in [1.54, 1.807) is 62.5 Å². The zero-order valence-corrected chi connectivity index (χ0v) is 76.7. The monoisotopic (exact) mass is 1740 g/mol. The summed E-state index contributed by atoms with van der Waals surface area (Å²) in [4.78, 5) is 162. The van der Waals surface area contributed by atoms with Gasteiger partial charge in [-0.1, -0.05) is 125 Å². The Kier molecular flexibility index (Phi) is 69.7. The third-order valence-electron chi connectivity index (χ3n) is 17.3. The van der Waals surface area contributed by atoms with Crippen LogP contribution in [0.4, 0.5) is 14.4 Å². The zero-order chi connectivity index (χ0) is 92.5. The minimum atomic E-state index is -0.968. The summed E-state index contributed by atoms with van der Waals surface area (Å²) in [6, 6.07) is -8.74. The minimum absolute atomic E-state index is 0.0218. The Bertz CT molecular complexity index is 2880. The first-order valence-electron chi connectivity index (χ1n) is 42.8. The normalized spacial score (nSPS) is 13.7. The summed E-state index contributed by atoms with van der Waals surface area (Å²) in [6.07, 6.45) is 2.35. The Balaban J connectivity index is -0.00000187. The number of ketones is 2. The third kappa shape index (κ3) is 63.9. The molecule has 0 aromatic heterocycles. The maximum Gasteiger partial charge on any atom is 0.312 e. The standard InChI is InChI=1S/C38H75N7O13.C23H46N6O4.C20H40N6O4/c1-28(2)34(37(49)44-31(35(47)43-30(5)6)9-8-11-40-38(39)50)45-36(48)32(42-29(3)4)27-41-33(46)10-12-52-15-16-54-19-20-56-23-24-58-26-25-57-22-21-55-18-17-53-14-13-51-7;1-13(2)19(29-21(31)18(27-16(7)8)12-26-15(5)6)22(32)28-17(20(30)14(3)4)10-9-11-25-23(24)33;1-11(2)16(26-18(28)15(10-21)24-13(5)6)19(29)25-14(17(27)12(3)4)8-7-9-23-20(22)30/h28-32,34,42H,8-27H2,1-7H3,(H,41,46)(H,43,47)(H,44,49)(H,45,48)(H3,39,40,50);13-19,26-27H,9-12H2,1-8H3,(H,28,32)(H,29,31)(H3,24,25,33);11-16,24H,7-10,21H2,1-6H3,(H,25,29)(H,26,28)(H3,22,23,30)/t31-,32-,34-;17-,18-,19-;14-,15-,16-/m000/s1. The second-order valence-corrected chi connectivity index (χ2v) is 32.2. The van der Waals surface area contributed by atoms with E-state index in [1.807, 2.05) is 83.1 Å². The molecule has 40 nitrogen and oxygen atoms in total. The summed E-state index contributed by atoms with van der Waals surface area (Å²) >= 11 is 0. The van der Waals surface area contributed by atoms with Crippen molar-refractivity contribution < 1.29 is 100 Å². The predicted molar refractivity (Wildman–Crippen MR) is 463 cm³/mol. The fraction of sp³-hybridized carbons (Fsp3) is 0.840. The van der Waals surface area contributed by atoms with Crippen molar-refractivity contribution >= 4 is 76.9 Å². The summed E-state index contributed by atoms with van der Waals surface area (Å²) in [5.41, 5.74) is 20.9. The van der Waals surface area contributed by atoms with Crippen molar-refractivity contribution in [3.05, 3.63) is 0 Å². The Morgan fingerprint density at radius 2 is 0.570 bits per heavy atom. The molecule has 14 amide bonds. The van der Waals surface area contributed by atoms with Gasteiger partial charge in [0, 0.05) is 94.8 Å². The molecule has 0 bridgehead atoms. The number of methoxy groups -OCH3 is 1. The van der Waals surface area contributed by atoms with Gasteiger partial charge in [0.1, 0.15) is 30.2 Å². The number of nitrogens with two attached hydrogens (primary N) is 4. The molecule has 0 aromatic rings. The molecule has 0 fully saturated rings. The van der Waals surface area contributed by atoms with Crippen molar-refractivity contribution in [3.63, 3.8) is 0 Å². The number of carbonyl (C=O) groups excluding carboxylic acids is 13. The van der Waals surface area contributed by atoms with E-state index in [0.717, 1.165) is 0 Å². The average molecular weight is 1740 g/mol. The van der Waals surface area contributed by atoms with Gasteiger partial charge in [-0.3, -0.25) is 47.9 Å². The molecule has 0 spiro atoms. The smallest absolute Gasteiger partial charge is 0.312 e. The molecule has 0 radical (unpaired) electrons. The van der Waals surface area contributed by atoms with Crippen molar-refractivity contribution in [2.45, 2.75) is 268 Å². The summed E-state index contributed by atoms with van der Waals surface area (Å²) in [5, 5.41) is 42.4. The molecular weight excluding hydrogens is 1580 g/mol. The van der Waals surface area contributed by atoms with Gasteiger partial charge >= 0.3 is 18.1 Å². The number of primary amides is 3. The summed E-state index contributed by atoms with van der Waals surface area (Å²) in [6.45, 7) is 44.9. The number of urea groups is 3. The van der Waals surface area contributed by atoms with Crippen LogP contribution in [0.3, 0.4) is 0 Å². The van der Waals surface area contributed by atoms with Crippen molar-refractivity contribution in [3.8, 4) is 0 Å². The van der Waals surface area contributed by atoms with Crippen molar-refractivity contribution in [2.75, 3.05) is 145 Å². The summed E-state index contributed by atoms with van der Waals surface area (Å²) in [5.74, 6) is -4.64. The van der Waals surface area contributed by atoms with Gasteiger partial charge in [-0.2, -0.15) is 0 Å². The summed E-state index contributed by atoms with van der Waals surface area (Å²) < 4.78 is 43.0. The van der Waals surface area contributed by atoms with Gasteiger partial charge in [0.05, 0.1) is 123 Å². The van der Waals surface area contributed by atoms with Crippen molar-refractivity contribution in [1.82, 2.24) is 79.8 Å². The molecular formula is C81H161N19O21. The van der Waals surface area contributed by atoms with Crippen LogP contribution in [-0.4, -0.2) is 307 Å². The lowest BCUT2D eigenvalue weighted by Crippen LogP contribution is -2.60. The van der Waals surface area contributed by atoms with E-state index in [0.29, 0.717) is 144 Å². The highest BCUT2D eigenvalue weighted by molar-refractivity contribution is 5.96. The number of rotatable bonds is 69. The maximum absolute atomic E-state index is 13.4. The Labute approximate surface area is 720 Å². The number of Topliss-reactive ketones (excluding diaryl/α,β-unsaturated/α-hetero) is 2. The van der Waals surface area contributed by atoms with Crippen LogP contribution in [0.1, 0.15) is 183 Å². The fourth-order valence-electron chi connectivity index (χ4n) is 11.0. The molecule has 23 N–H and O–H groups in total. The maximum atomic E-state index is 13.4. The second kappa shape index (κ2) is 71.8.